The van der Waals surface area contributed by atoms with Crippen molar-refractivity contribution in [2.45, 2.75) is 96.8 Å². The van der Waals surface area contributed by atoms with Gasteiger partial charge in [-0.3, -0.25) is 14.4 Å². The van der Waals surface area contributed by atoms with Crippen LogP contribution >= 0.6 is 0 Å². The summed E-state index contributed by atoms with van der Waals surface area (Å²) >= 11 is 0. The highest BCUT2D eigenvalue weighted by Crippen LogP contribution is 2.12. The number of amides is 3. The van der Waals surface area contributed by atoms with Crippen LogP contribution in [-0.4, -0.2) is 66.1 Å². The van der Waals surface area contributed by atoms with E-state index in [0.29, 0.717) is 51.6 Å². The summed E-state index contributed by atoms with van der Waals surface area (Å²) in [6.45, 7) is 8.01. The van der Waals surface area contributed by atoms with Crippen molar-refractivity contribution in [1.29, 1.82) is 0 Å². The highest BCUT2D eigenvalue weighted by molar-refractivity contribution is 5.94. The normalized spacial score (nSPS) is 15.6. The van der Waals surface area contributed by atoms with Crippen LogP contribution in [0.3, 0.4) is 0 Å². The van der Waals surface area contributed by atoms with Gasteiger partial charge in [0.25, 0.3) is 0 Å². The maximum atomic E-state index is 13.1. The molecular weight excluding hydrogens is 440 g/mol. The zero-order chi connectivity index (χ0) is 26.3. The first-order valence-corrected chi connectivity index (χ1v) is 12.3. The topological polar surface area (TPSA) is 203 Å². The van der Waals surface area contributed by atoms with Crippen LogP contribution in [0.15, 0.2) is 0 Å². The van der Waals surface area contributed by atoms with Crippen LogP contribution in [0, 0.1) is 11.8 Å². The highest BCUT2D eigenvalue weighted by atomic mass is 16.4. The van der Waals surface area contributed by atoms with Crippen LogP contribution in [0.1, 0.15) is 72.6 Å². The lowest BCUT2D eigenvalue weighted by molar-refractivity contribution is -0.144. The Morgan fingerprint density at radius 1 is 0.765 bits per heavy atom. The minimum atomic E-state index is -1.15. The molecule has 0 aliphatic heterocycles. The fourth-order valence-electron chi connectivity index (χ4n) is 3.39. The van der Waals surface area contributed by atoms with Crippen LogP contribution in [0.2, 0.25) is 0 Å². The quantitative estimate of drug-likeness (QED) is 0.129. The largest absolute Gasteiger partial charge is 0.480 e. The molecule has 0 rings (SSSR count). The first kappa shape index (κ1) is 31.8. The number of nitrogens with one attached hydrogen (secondary N) is 3. The summed E-state index contributed by atoms with van der Waals surface area (Å²) in [7, 11) is 0. The molecule has 3 amide bonds. The smallest absolute Gasteiger partial charge is 0.326 e. The number of unbranched alkanes of at least 4 members (excludes halogenated alkanes) is 2. The maximum absolute atomic E-state index is 13.1. The Balaban J connectivity index is 5.47. The Labute approximate surface area is 203 Å². The van der Waals surface area contributed by atoms with Crippen molar-refractivity contribution in [3.63, 3.8) is 0 Å². The zero-order valence-corrected chi connectivity index (χ0v) is 21.1. The van der Waals surface area contributed by atoms with Gasteiger partial charge in [0.2, 0.25) is 17.7 Å². The molecule has 0 aliphatic carbocycles. The molecule has 0 aromatic carbocycles. The Hall–Kier alpha value is -2.24. The van der Waals surface area contributed by atoms with Crippen LogP contribution in [0.4, 0.5) is 0 Å². The first-order chi connectivity index (χ1) is 16.0. The Bertz CT molecular complexity index is 645. The third-order valence-corrected chi connectivity index (χ3v) is 5.91. The van der Waals surface area contributed by atoms with E-state index in [-0.39, 0.29) is 11.8 Å². The predicted octanol–water partition coefficient (Wildman–Crippen LogP) is -0.187. The number of carbonyl (C=O) groups excluding carboxylic acids is 3. The molecule has 0 aromatic heterocycles. The second kappa shape index (κ2) is 17.2. The molecule has 11 heteroatoms. The molecular formula is C23H46N6O5. The van der Waals surface area contributed by atoms with Crippen molar-refractivity contribution in [1.82, 2.24) is 16.0 Å². The molecule has 34 heavy (non-hydrogen) atoms. The molecule has 0 heterocycles. The molecule has 0 bridgehead atoms. The van der Waals surface area contributed by atoms with Crippen molar-refractivity contribution >= 4 is 23.7 Å². The summed E-state index contributed by atoms with van der Waals surface area (Å²) in [5.41, 5.74) is 17.0. The van der Waals surface area contributed by atoms with Crippen molar-refractivity contribution in [3.05, 3.63) is 0 Å². The number of nitrogens with two attached hydrogens (primary N) is 3. The van der Waals surface area contributed by atoms with Gasteiger partial charge >= 0.3 is 5.97 Å². The van der Waals surface area contributed by atoms with Crippen molar-refractivity contribution < 1.29 is 24.3 Å². The van der Waals surface area contributed by atoms with Gasteiger partial charge in [-0.2, -0.15) is 0 Å². The van der Waals surface area contributed by atoms with Gasteiger partial charge in [0.05, 0.1) is 6.04 Å². The fraction of sp³-hybridized carbons (Fsp3) is 0.826. The van der Waals surface area contributed by atoms with Gasteiger partial charge in [0.15, 0.2) is 0 Å². The number of hydrogen-bond donors (Lipinski definition) is 7. The molecule has 0 aliphatic rings. The fourth-order valence-corrected chi connectivity index (χ4v) is 3.39. The second-order valence-corrected chi connectivity index (χ2v) is 9.18. The van der Waals surface area contributed by atoms with E-state index in [2.05, 4.69) is 16.0 Å². The monoisotopic (exact) mass is 486 g/mol. The highest BCUT2D eigenvalue weighted by Gasteiger charge is 2.33. The zero-order valence-electron chi connectivity index (χ0n) is 21.1. The Morgan fingerprint density at radius 2 is 1.29 bits per heavy atom. The average molecular weight is 487 g/mol. The van der Waals surface area contributed by atoms with Crippen LogP contribution < -0.4 is 33.2 Å². The molecule has 0 fully saturated rings. The molecule has 198 valence electrons. The van der Waals surface area contributed by atoms with Crippen molar-refractivity contribution in [2.24, 2.45) is 29.0 Å². The number of carboxylic acid groups (broad SMARTS) is 1. The molecule has 0 radical (unpaired) electrons. The van der Waals surface area contributed by atoms with E-state index in [4.69, 9.17) is 17.2 Å². The number of carboxylic acids is 1. The molecule has 0 saturated carbocycles. The van der Waals surface area contributed by atoms with E-state index in [1.54, 1.807) is 20.8 Å². The predicted molar refractivity (Wildman–Crippen MR) is 132 cm³/mol. The van der Waals surface area contributed by atoms with Crippen LogP contribution in [0.25, 0.3) is 0 Å². The number of aliphatic carboxylic acids is 1. The van der Waals surface area contributed by atoms with Gasteiger partial charge in [-0.05, 0) is 57.0 Å². The lowest BCUT2D eigenvalue weighted by atomic mass is 9.96. The van der Waals surface area contributed by atoms with E-state index >= 15 is 0 Å². The summed E-state index contributed by atoms with van der Waals surface area (Å²) in [6.07, 6.45) is 4.09. The molecule has 11 nitrogen and oxygen atoms in total. The molecule has 0 saturated heterocycles. The molecule has 10 N–H and O–H groups in total. The van der Waals surface area contributed by atoms with Gasteiger partial charge in [-0.15, -0.1) is 0 Å². The number of hydrogen-bond acceptors (Lipinski definition) is 7. The van der Waals surface area contributed by atoms with E-state index < -0.39 is 47.9 Å². The minimum Gasteiger partial charge on any atom is -0.480 e. The van der Waals surface area contributed by atoms with Gasteiger partial charge in [-0.25, -0.2) is 4.79 Å². The summed E-state index contributed by atoms with van der Waals surface area (Å²) < 4.78 is 0. The van der Waals surface area contributed by atoms with Crippen LogP contribution in [0.5, 0.6) is 0 Å². The molecule has 5 unspecified atom stereocenters. The summed E-state index contributed by atoms with van der Waals surface area (Å²) in [4.78, 5) is 50.2. The number of rotatable bonds is 18. The van der Waals surface area contributed by atoms with Crippen LogP contribution in [-0.2, 0) is 19.2 Å². The van der Waals surface area contributed by atoms with E-state index in [9.17, 15) is 24.3 Å². The summed E-state index contributed by atoms with van der Waals surface area (Å²) in [6, 6.07) is -3.69. The summed E-state index contributed by atoms with van der Waals surface area (Å²) in [5.74, 6) is -3.28. The van der Waals surface area contributed by atoms with Gasteiger partial charge < -0.3 is 38.3 Å². The van der Waals surface area contributed by atoms with Crippen molar-refractivity contribution in [3.8, 4) is 0 Å². The standard InChI is InChI=1S/C23H46N6O5/c1-5-15(4)19(22(32)28-18(14(2)3)23(33)34)29-21(31)17(11-7-9-13-25)27-20(30)16(26)10-6-8-12-24/h14-19H,5-13,24-26H2,1-4H3,(H,27,30)(H,28,32)(H,29,31)(H,33,34). The van der Waals surface area contributed by atoms with E-state index in [1.165, 1.54) is 0 Å². The third kappa shape index (κ3) is 11.8. The van der Waals surface area contributed by atoms with Gasteiger partial charge in [0, 0.05) is 0 Å². The van der Waals surface area contributed by atoms with Gasteiger partial charge in [0.1, 0.15) is 18.1 Å². The Kier molecular flexibility index (Phi) is 16.1. The van der Waals surface area contributed by atoms with E-state index in [0.717, 1.165) is 6.42 Å². The molecule has 5 atom stereocenters. The lowest BCUT2D eigenvalue weighted by Gasteiger charge is -2.29. The third-order valence-electron chi connectivity index (χ3n) is 5.91. The van der Waals surface area contributed by atoms with Crippen molar-refractivity contribution in [2.75, 3.05) is 13.1 Å². The average Bonchev–Trinajstić information content (AvgIpc) is 2.78. The SMILES string of the molecule is CCC(C)C(NC(=O)C(CCCCN)NC(=O)C(N)CCCCN)C(=O)NC(C(=O)O)C(C)C. The number of carbonyl (C=O) groups is 4. The van der Waals surface area contributed by atoms with E-state index in [1.807, 2.05) is 6.92 Å². The molecule has 0 aromatic rings. The molecule has 0 spiro atoms. The minimum absolute atomic E-state index is 0.260. The Morgan fingerprint density at radius 3 is 1.76 bits per heavy atom. The first-order valence-electron chi connectivity index (χ1n) is 12.3. The van der Waals surface area contributed by atoms with Gasteiger partial charge in [-0.1, -0.05) is 40.5 Å². The summed E-state index contributed by atoms with van der Waals surface area (Å²) in [5, 5.41) is 17.4. The second-order valence-electron chi connectivity index (χ2n) is 9.18. The maximum Gasteiger partial charge on any atom is 0.326 e. The lowest BCUT2D eigenvalue weighted by Crippen LogP contribution is -2.59.